The summed E-state index contributed by atoms with van der Waals surface area (Å²) in [6.45, 7) is 1.86. The van der Waals surface area contributed by atoms with Crippen molar-refractivity contribution in [3.63, 3.8) is 0 Å². The van der Waals surface area contributed by atoms with Gasteiger partial charge < -0.3 is 10.1 Å². The topological polar surface area (TPSA) is 34.1 Å². The van der Waals surface area contributed by atoms with Crippen LogP contribution in [0.2, 0.25) is 5.15 Å². The quantitative estimate of drug-likeness (QED) is 0.608. The number of hydrogen-bond donors (Lipinski definition) is 1. The first kappa shape index (κ1) is 10.3. The van der Waals surface area contributed by atoms with Gasteiger partial charge in [-0.25, -0.2) is 4.98 Å². The summed E-state index contributed by atoms with van der Waals surface area (Å²) in [5, 5.41) is 3.56. The van der Waals surface area contributed by atoms with E-state index in [1.54, 1.807) is 12.3 Å². The molecular formula is C11H11ClN2O. The summed E-state index contributed by atoms with van der Waals surface area (Å²) in [5.74, 6) is 3.15. The average Bonchev–Trinajstić information content (AvgIpc) is 2.73. The third-order valence-corrected chi connectivity index (χ3v) is 2.59. The molecule has 1 fully saturated rings. The van der Waals surface area contributed by atoms with Crippen LogP contribution in [0.4, 0.5) is 0 Å². The zero-order valence-corrected chi connectivity index (χ0v) is 8.92. The fourth-order valence-corrected chi connectivity index (χ4v) is 1.67. The summed E-state index contributed by atoms with van der Waals surface area (Å²) < 4.78 is 5.69. The number of rotatable bonds is 2. The monoisotopic (exact) mass is 222 g/mol. The molecule has 1 aliphatic heterocycles. The zero-order chi connectivity index (χ0) is 10.7. The Morgan fingerprint density at radius 3 is 3.20 bits per heavy atom. The van der Waals surface area contributed by atoms with E-state index in [1.165, 1.54) is 0 Å². The van der Waals surface area contributed by atoms with E-state index in [0.717, 1.165) is 19.5 Å². The maximum atomic E-state index is 5.79. The Morgan fingerprint density at radius 1 is 1.67 bits per heavy atom. The molecule has 0 bridgehead atoms. The summed E-state index contributed by atoms with van der Waals surface area (Å²) in [6, 6.07) is 1.74. The Labute approximate surface area is 93.8 Å². The summed E-state index contributed by atoms with van der Waals surface area (Å²) in [6.07, 6.45) is 8.10. The second-order valence-corrected chi connectivity index (χ2v) is 3.74. The number of halogens is 1. The number of pyridine rings is 1. The van der Waals surface area contributed by atoms with E-state index in [4.69, 9.17) is 22.8 Å². The van der Waals surface area contributed by atoms with Crippen molar-refractivity contribution in [2.75, 3.05) is 13.1 Å². The molecule has 2 heterocycles. The Bertz CT molecular complexity index is 394. The van der Waals surface area contributed by atoms with Gasteiger partial charge in [-0.3, -0.25) is 0 Å². The summed E-state index contributed by atoms with van der Waals surface area (Å²) in [5.41, 5.74) is 0.570. The molecule has 0 spiro atoms. The zero-order valence-electron chi connectivity index (χ0n) is 8.16. The van der Waals surface area contributed by atoms with Crippen LogP contribution in [0.15, 0.2) is 12.3 Å². The molecule has 1 atom stereocenters. The smallest absolute Gasteiger partial charge is 0.144 e. The van der Waals surface area contributed by atoms with Crippen LogP contribution < -0.4 is 10.1 Å². The van der Waals surface area contributed by atoms with Crippen molar-refractivity contribution >= 4 is 11.6 Å². The van der Waals surface area contributed by atoms with E-state index >= 15 is 0 Å². The van der Waals surface area contributed by atoms with Gasteiger partial charge in [-0.1, -0.05) is 17.5 Å². The molecule has 1 aromatic heterocycles. The van der Waals surface area contributed by atoms with Gasteiger partial charge in [-0.15, -0.1) is 6.42 Å². The molecule has 0 amide bonds. The van der Waals surface area contributed by atoms with Crippen LogP contribution in [0.25, 0.3) is 0 Å². The van der Waals surface area contributed by atoms with Gasteiger partial charge in [0.2, 0.25) is 0 Å². The Kier molecular flexibility index (Phi) is 3.10. The molecule has 0 unspecified atom stereocenters. The van der Waals surface area contributed by atoms with E-state index in [9.17, 15) is 0 Å². The molecule has 0 saturated carbocycles. The average molecular weight is 223 g/mol. The van der Waals surface area contributed by atoms with Crippen molar-refractivity contribution in [1.82, 2.24) is 10.3 Å². The number of terminal acetylenes is 1. The van der Waals surface area contributed by atoms with E-state index in [-0.39, 0.29) is 6.10 Å². The summed E-state index contributed by atoms with van der Waals surface area (Å²) in [7, 11) is 0. The molecule has 15 heavy (non-hydrogen) atoms. The molecule has 0 aromatic carbocycles. The predicted molar refractivity (Wildman–Crippen MR) is 59.1 cm³/mol. The van der Waals surface area contributed by atoms with Gasteiger partial charge in [0.25, 0.3) is 0 Å². The molecule has 2 rings (SSSR count). The second kappa shape index (κ2) is 4.52. The van der Waals surface area contributed by atoms with Crippen LogP contribution >= 0.6 is 11.6 Å². The lowest BCUT2D eigenvalue weighted by molar-refractivity contribution is 0.222. The van der Waals surface area contributed by atoms with E-state index in [2.05, 4.69) is 16.2 Å². The van der Waals surface area contributed by atoms with E-state index in [1.807, 2.05) is 0 Å². The maximum Gasteiger partial charge on any atom is 0.144 e. The largest absolute Gasteiger partial charge is 0.487 e. The van der Waals surface area contributed by atoms with Gasteiger partial charge in [-0.05, 0) is 13.0 Å². The molecule has 4 heteroatoms. The first-order valence-electron chi connectivity index (χ1n) is 4.79. The molecule has 1 aromatic rings. The SMILES string of the molecule is C#Cc1cc(O[C@@H]2CCNC2)cnc1Cl. The van der Waals surface area contributed by atoms with Gasteiger partial charge in [-0.2, -0.15) is 0 Å². The van der Waals surface area contributed by atoms with Crippen LogP contribution in [0.5, 0.6) is 5.75 Å². The molecule has 1 aliphatic rings. The van der Waals surface area contributed by atoms with Crippen molar-refractivity contribution in [1.29, 1.82) is 0 Å². The number of aromatic nitrogens is 1. The van der Waals surface area contributed by atoms with Crippen LogP contribution in [0, 0.1) is 12.3 Å². The highest BCUT2D eigenvalue weighted by Gasteiger charge is 2.16. The van der Waals surface area contributed by atoms with E-state index < -0.39 is 0 Å². The number of nitrogens with one attached hydrogen (secondary N) is 1. The van der Waals surface area contributed by atoms with Crippen LogP contribution in [0.1, 0.15) is 12.0 Å². The van der Waals surface area contributed by atoms with Crippen molar-refractivity contribution in [3.8, 4) is 18.1 Å². The molecule has 78 valence electrons. The third kappa shape index (κ3) is 2.41. The van der Waals surface area contributed by atoms with Crippen molar-refractivity contribution in [2.45, 2.75) is 12.5 Å². The van der Waals surface area contributed by atoms with Gasteiger partial charge in [0.05, 0.1) is 11.8 Å². The lowest BCUT2D eigenvalue weighted by atomic mass is 10.3. The highest BCUT2D eigenvalue weighted by molar-refractivity contribution is 6.30. The lowest BCUT2D eigenvalue weighted by Crippen LogP contribution is -2.19. The minimum atomic E-state index is 0.207. The predicted octanol–water partition coefficient (Wildman–Crippen LogP) is 1.46. The minimum absolute atomic E-state index is 0.207. The lowest BCUT2D eigenvalue weighted by Gasteiger charge is -2.12. The van der Waals surface area contributed by atoms with Gasteiger partial charge in [0.1, 0.15) is 17.0 Å². The van der Waals surface area contributed by atoms with Crippen molar-refractivity contribution < 1.29 is 4.74 Å². The van der Waals surface area contributed by atoms with Gasteiger partial charge in [0, 0.05) is 12.6 Å². The first-order valence-corrected chi connectivity index (χ1v) is 5.17. The second-order valence-electron chi connectivity index (χ2n) is 3.39. The highest BCUT2D eigenvalue weighted by Crippen LogP contribution is 2.20. The highest BCUT2D eigenvalue weighted by atomic mass is 35.5. The minimum Gasteiger partial charge on any atom is -0.487 e. The van der Waals surface area contributed by atoms with Crippen LogP contribution in [-0.4, -0.2) is 24.2 Å². The van der Waals surface area contributed by atoms with Gasteiger partial charge >= 0.3 is 0 Å². The number of nitrogens with zero attached hydrogens (tertiary/aromatic N) is 1. The fourth-order valence-electron chi connectivity index (χ4n) is 1.52. The molecule has 1 N–H and O–H groups in total. The number of ether oxygens (including phenoxy) is 1. The Balaban J connectivity index is 2.11. The standard InChI is InChI=1S/C11H11ClN2O/c1-2-8-5-10(7-14-11(8)12)15-9-3-4-13-6-9/h1,5,7,9,13H,3-4,6H2/t9-/m1/s1. The molecular weight excluding hydrogens is 212 g/mol. The normalized spacial score (nSPS) is 19.9. The summed E-state index contributed by atoms with van der Waals surface area (Å²) in [4.78, 5) is 3.97. The first-order chi connectivity index (χ1) is 7.29. The molecule has 3 nitrogen and oxygen atoms in total. The maximum absolute atomic E-state index is 5.79. The van der Waals surface area contributed by atoms with Gasteiger partial charge in [0.15, 0.2) is 0 Å². The van der Waals surface area contributed by atoms with Crippen LogP contribution in [0.3, 0.4) is 0 Å². The third-order valence-electron chi connectivity index (χ3n) is 2.29. The van der Waals surface area contributed by atoms with Crippen molar-refractivity contribution in [3.05, 3.63) is 23.0 Å². The summed E-state index contributed by atoms with van der Waals surface area (Å²) >= 11 is 5.79. The molecule has 0 aliphatic carbocycles. The molecule has 1 saturated heterocycles. The fraction of sp³-hybridized carbons (Fsp3) is 0.364. The Morgan fingerprint density at radius 2 is 2.53 bits per heavy atom. The Hall–Kier alpha value is -1.24. The van der Waals surface area contributed by atoms with Crippen molar-refractivity contribution in [2.24, 2.45) is 0 Å². The van der Waals surface area contributed by atoms with E-state index in [0.29, 0.717) is 16.5 Å². The molecule has 0 radical (unpaired) electrons. The number of hydrogen-bond acceptors (Lipinski definition) is 3. The van der Waals surface area contributed by atoms with Crippen LogP contribution in [-0.2, 0) is 0 Å².